The van der Waals surface area contributed by atoms with Gasteiger partial charge in [-0.2, -0.15) is 0 Å². The number of nitro groups is 1. The van der Waals surface area contributed by atoms with E-state index < -0.39 is 28.9 Å². The highest BCUT2D eigenvalue weighted by molar-refractivity contribution is 5.97. The number of hydrogen-bond acceptors (Lipinski definition) is 6. The van der Waals surface area contributed by atoms with Crippen molar-refractivity contribution in [3.05, 3.63) is 64.2 Å². The van der Waals surface area contributed by atoms with Crippen LogP contribution in [0.1, 0.15) is 17.3 Å². The average molecular weight is 359 g/mol. The normalized spacial score (nSPS) is 12.7. The number of rotatable bonds is 6. The number of nitrogens with one attached hydrogen (secondary N) is 2. The van der Waals surface area contributed by atoms with Gasteiger partial charge < -0.3 is 10.4 Å². The molecule has 26 heavy (non-hydrogen) atoms. The van der Waals surface area contributed by atoms with Crippen molar-refractivity contribution in [3.63, 3.8) is 0 Å². The van der Waals surface area contributed by atoms with Crippen LogP contribution in [0.25, 0.3) is 11.1 Å². The number of non-ortho nitro benzene ring substituents is 1. The molecular formula is C17H17N3O6. The molecule has 2 atom stereocenters. The lowest BCUT2D eigenvalue weighted by atomic mass is 10.0. The van der Waals surface area contributed by atoms with Crippen molar-refractivity contribution in [1.29, 1.82) is 0 Å². The predicted octanol–water partition coefficient (Wildman–Crippen LogP) is 1.25. The van der Waals surface area contributed by atoms with E-state index in [0.29, 0.717) is 11.1 Å². The van der Waals surface area contributed by atoms with Gasteiger partial charge in [-0.1, -0.05) is 24.3 Å². The number of aliphatic hydroxyl groups excluding tert-OH is 1. The van der Waals surface area contributed by atoms with Crippen LogP contribution in [-0.4, -0.2) is 39.2 Å². The molecule has 2 rings (SSSR count). The summed E-state index contributed by atoms with van der Waals surface area (Å²) in [5, 5.41) is 31.3. The van der Waals surface area contributed by atoms with E-state index in [0.717, 1.165) is 0 Å². The topological polar surface area (TPSA) is 142 Å². The first-order valence-electron chi connectivity index (χ1n) is 7.61. The van der Waals surface area contributed by atoms with Crippen molar-refractivity contribution >= 4 is 17.5 Å². The lowest BCUT2D eigenvalue weighted by Gasteiger charge is -2.19. The Labute approximate surface area is 148 Å². The molecule has 0 saturated carbocycles. The van der Waals surface area contributed by atoms with Crippen molar-refractivity contribution in [3.8, 4) is 11.1 Å². The summed E-state index contributed by atoms with van der Waals surface area (Å²) in [7, 11) is 0. The summed E-state index contributed by atoms with van der Waals surface area (Å²) < 4.78 is 0. The van der Waals surface area contributed by atoms with Crippen molar-refractivity contribution in [2.45, 2.75) is 19.1 Å². The minimum atomic E-state index is -1.32. The van der Waals surface area contributed by atoms with Gasteiger partial charge in [0.05, 0.1) is 11.0 Å². The van der Waals surface area contributed by atoms with E-state index in [1.807, 2.05) is 0 Å². The van der Waals surface area contributed by atoms with Gasteiger partial charge in [-0.15, -0.1) is 0 Å². The van der Waals surface area contributed by atoms with E-state index in [1.165, 1.54) is 36.7 Å². The Kier molecular flexibility index (Phi) is 5.99. The van der Waals surface area contributed by atoms with Gasteiger partial charge in [-0.3, -0.25) is 24.9 Å². The lowest BCUT2D eigenvalue weighted by molar-refractivity contribution is -0.384. The van der Waals surface area contributed by atoms with Crippen LogP contribution in [0.15, 0.2) is 48.5 Å². The molecule has 0 aliphatic carbocycles. The Morgan fingerprint density at radius 1 is 1.12 bits per heavy atom. The van der Waals surface area contributed by atoms with E-state index in [-0.39, 0.29) is 11.3 Å². The summed E-state index contributed by atoms with van der Waals surface area (Å²) in [6.07, 6.45) is -1.21. The zero-order valence-corrected chi connectivity index (χ0v) is 13.7. The third-order valence-electron chi connectivity index (χ3n) is 3.70. The maximum atomic E-state index is 12.2. The molecule has 9 heteroatoms. The Morgan fingerprint density at radius 3 is 2.31 bits per heavy atom. The van der Waals surface area contributed by atoms with Gasteiger partial charge in [0.2, 0.25) is 0 Å². The molecular weight excluding hydrogens is 342 g/mol. The molecule has 2 amide bonds. The van der Waals surface area contributed by atoms with Crippen LogP contribution in [-0.2, 0) is 4.79 Å². The zero-order chi connectivity index (χ0) is 19.3. The molecule has 0 aromatic heterocycles. The van der Waals surface area contributed by atoms with E-state index in [2.05, 4.69) is 5.32 Å². The zero-order valence-electron chi connectivity index (χ0n) is 13.7. The fourth-order valence-electron chi connectivity index (χ4n) is 2.31. The van der Waals surface area contributed by atoms with Crippen LogP contribution in [0.4, 0.5) is 5.69 Å². The monoisotopic (exact) mass is 359 g/mol. The fourth-order valence-corrected chi connectivity index (χ4v) is 2.31. The number of hydrogen-bond donors (Lipinski definition) is 4. The number of carbonyl (C=O) groups excluding carboxylic acids is 2. The van der Waals surface area contributed by atoms with E-state index >= 15 is 0 Å². The number of carbonyl (C=O) groups is 2. The Morgan fingerprint density at radius 2 is 1.77 bits per heavy atom. The predicted molar refractivity (Wildman–Crippen MR) is 91.4 cm³/mol. The number of hydroxylamine groups is 1. The number of amides is 2. The van der Waals surface area contributed by atoms with Gasteiger partial charge >= 0.3 is 0 Å². The van der Waals surface area contributed by atoms with Crippen molar-refractivity contribution in [2.75, 3.05) is 0 Å². The van der Waals surface area contributed by atoms with Gasteiger partial charge in [-0.25, -0.2) is 5.48 Å². The van der Waals surface area contributed by atoms with Crippen LogP contribution in [0, 0.1) is 10.1 Å². The van der Waals surface area contributed by atoms with Gasteiger partial charge in [0.1, 0.15) is 6.04 Å². The van der Waals surface area contributed by atoms with Crippen LogP contribution in [0.5, 0.6) is 0 Å². The molecule has 136 valence electrons. The van der Waals surface area contributed by atoms with Crippen LogP contribution >= 0.6 is 0 Å². The molecule has 0 saturated heterocycles. The second-order valence-electron chi connectivity index (χ2n) is 5.55. The van der Waals surface area contributed by atoms with Gasteiger partial charge in [0, 0.05) is 17.7 Å². The smallest absolute Gasteiger partial charge is 0.270 e. The van der Waals surface area contributed by atoms with E-state index in [1.54, 1.807) is 24.3 Å². The molecule has 0 heterocycles. The lowest BCUT2D eigenvalue weighted by Crippen LogP contribution is -2.51. The first-order valence-corrected chi connectivity index (χ1v) is 7.61. The van der Waals surface area contributed by atoms with Crippen molar-refractivity contribution in [2.24, 2.45) is 0 Å². The fraction of sp³-hybridized carbons (Fsp3) is 0.176. The number of nitrogens with zero attached hydrogens (tertiary/aromatic N) is 1. The van der Waals surface area contributed by atoms with Gasteiger partial charge in [0.15, 0.2) is 0 Å². The quantitative estimate of drug-likeness (QED) is 0.347. The third kappa shape index (κ3) is 4.41. The molecule has 0 unspecified atom stereocenters. The number of benzene rings is 2. The van der Waals surface area contributed by atoms with Crippen LogP contribution < -0.4 is 10.8 Å². The molecule has 0 bridgehead atoms. The second-order valence-corrected chi connectivity index (χ2v) is 5.55. The first kappa shape index (κ1) is 19.0. The Balaban J connectivity index is 2.18. The minimum Gasteiger partial charge on any atom is -0.391 e. The molecule has 0 aliphatic heterocycles. The van der Waals surface area contributed by atoms with Gasteiger partial charge in [0.25, 0.3) is 17.5 Å². The molecule has 2 aromatic rings. The summed E-state index contributed by atoms with van der Waals surface area (Å²) in [5.74, 6) is -1.56. The SMILES string of the molecule is C[C@@H](O)[C@H](NC(=O)c1ccc(-c2cccc([N+](=O)[O-])c2)cc1)C(=O)NO. The standard InChI is InChI=1S/C17H17N3O6/c1-10(21)15(17(23)19-24)18-16(22)12-7-5-11(6-8-12)13-3-2-4-14(9-13)20(25)26/h2-10,15,21,24H,1H3,(H,18,22)(H,19,23)/t10-,15+/m1/s1. The summed E-state index contributed by atoms with van der Waals surface area (Å²) in [6, 6.07) is 10.9. The van der Waals surface area contributed by atoms with Gasteiger partial charge in [-0.05, 0) is 30.2 Å². The summed E-state index contributed by atoms with van der Waals surface area (Å²) in [6.45, 7) is 1.30. The molecule has 0 fully saturated rings. The minimum absolute atomic E-state index is 0.0425. The Bertz CT molecular complexity index is 820. The number of nitro benzene ring substituents is 1. The van der Waals surface area contributed by atoms with Crippen molar-refractivity contribution < 1.29 is 24.8 Å². The van der Waals surface area contributed by atoms with Crippen molar-refractivity contribution in [1.82, 2.24) is 10.8 Å². The largest absolute Gasteiger partial charge is 0.391 e. The maximum Gasteiger partial charge on any atom is 0.270 e. The van der Waals surface area contributed by atoms with E-state index in [4.69, 9.17) is 5.21 Å². The van der Waals surface area contributed by atoms with Crippen LogP contribution in [0.2, 0.25) is 0 Å². The first-order chi connectivity index (χ1) is 12.3. The average Bonchev–Trinajstić information content (AvgIpc) is 2.65. The molecule has 0 aliphatic rings. The second kappa shape index (κ2) is 8.19. The molecule has 4 N–H and O–H groups in total. The highest BCUT2D eigenvalue weighted by Crippen LogP contribution is 2.24. The third-order valence-corrected chi connectivity index (χ3v) is 3.70. The molecule has 0 spiro atoms. The number of aliphatic hydroxyl groups is 1. The summed E-state index contributed by atoms with van der Waals surface area (Å²) in [4.78, 5) is 34.0. The summed E-state index contributed by atoms with van der Waals surface area (Å²) >= 11 is 0. The van der Waals surface area contributed by atoms with E-state index in [9.17, 15) is 24.8 Å². The summed E-state index contributed by atoms with van der Waals surface area (Å²) in [5.41, 5.74) is 2.85. The molecule has 0 radical (unpaired) electrons. The molecule has 2 aromatic carbocycles. The highest BCUT2D eigenvalue weighted by atomic mass is 16.6. The highest BCUT2D eigenvalue weighted by Gasteiger charge is 2.25. The maximum absolute atomic E-state index is 12.2. The Hall–Kier alpha value is -3.30. The molecule has 9 nitrogen and oxygen atoms in total. The van der Waals surface area contributed by atoms with Crippen LogP contribution in [0.3, 0.4) is 0 Å².